The maximum atomic E-state index is 12.6. The lowest BCUT2D eigenvalue weighted by atomic mass is 10.1. The summed E-state index contributed by atoms with van der Waals surface area (Å²) in [5.41, 5.74) is 1.20. The first kappa shape index (κ1) is 20.0. The molecule has 2 aromatic carbocycles. The number of nitrogens with one attached hydrogen (secondary N) is 1. The molecule has 0 saturated carbocycles. The van der Waals surface area contributed by atoms with Gasteiger partial charge >= 0.3 is 0 Å². The Balaban J connectivity index is 1.88. The average Bonchev–Trinajstić information content (AvgIpc) is 3.22. The number of hydroxylamine groups is 1. The lowest BCUT2D eigenvalue weighted by molar-refractivity contribution is -0.0258. The van der Waals surface area contributed by atoms with Gasteiger partial charge in [0.25, 0.3) is 15.9 Å². The summed E-state index contributed by atoms with van der Waals surface area (Å²) < 4.78 is 30.7. The monoisotopic (exact) mass is 422 g/mol. The summed E-state index contributed by atoms with van der Waals surface area (Å²) in [7, 11) is -1.58. The predicted octanol–water partition coefficient (Wildman–Crippen LogP) is 2.82. The second kappa shape index (κ2) is 8.07. The Bertz CT molecular complexity index is 1100. The fourth-order valence-corrected chi connectivity index (χ4v) is 3.78. The summed E-state index contributed by atoms with van der Waals surface area (Å²) in [6.07, 6.45) is 1.20. The van der Waals surface area contributed by atoms with Crippen molar-refractivity contribution in [2.45, 2.75) is 4.90 Å². The molecule has 1 N–H and O–H groups in total. The van der Waals surface area contributed by atoms with Gasteiger partial charge in [0.05, 0.1) is 12.1 Å². The van der Waals surface area contributed by atoms with E-state index in [1.165, 1.54) is 38.8 Å². The molecular formula is C17H15ClN4O5S. The van der Waals surface area contributed by atoms with Crippen molar-refractivity contribution in [3.05, 3.63) is 59.4 Å². The Morgan fingerprint density at radius 1 is 1.25 bits per heavy atom. The molecule has 28 heavy (non-hydrogen) atoms. The summed E-state index contributed by atoms with van der Waals surface area (Å²) in [6, 6.07) is 10.7. The summed E-state index contributed by atoms with van der Waals surface area (Å²) in [5, 5.41) is 10.1. The van der Waals surface area contributed by atoms with Crippen LogP contribution in [0.15, 0.2) is 58.2 Å². The van der Waals surface area contributed by atoms with Crippen LogP contribution in [-0.2, 0) is 14.9 Å². The number of anilines is 1. The molecule has 0 unspecified atom stereocenters. The lowest BCUT2D eigenvalue weighted by Gasteiger charge is -2.16. The number of nitrogens with zero attached hydrogens (tertiary/aromatic N) is 3. The van der Waals surface area contributed by atoms with Gasteiger partial charge in [-0.2, -0.15) is 0 Å². The average molecular weight is 423 g/mol. The largest absolute Gasteiger partial charge is 0.423 e. The van der Waals surface area contributed by atoms with Gasteiger partial charge < -0.3 is 9.73 Å². The normalized spacial score (nSPS) is 11.6. The molecule has 0 aliphatic heterocycles. The van der Waals surface area contributed by atoms with E-state index in [0.29, 0.717) is 21.6 Å². The van der Waals surface area contributed by atoms with Crippen LogP contribution in [0.3, 0.4) is 0 Å². The third-order valence-corrected chi connectivity index (χ3v) is 5.96. The molecule has 0 aliphatic carbocycles. The van der Waals surface area contributed by atoms with Gasteiger partial charge in [0.15, 0.2) is 0 Å². The van der Waals surface area contributed by atoms with Gasteiger partial charge in [0.1, 0.15) is 4.90 Å². The molecule has 0 saturated heterocycles. The molecule has 0 aliphatic rings. The number of sulfonamides is 1. The van der Waals surface area contributed by atoms with Gasteiger partial charge in [-0.1, -0.05) is 22.1 Å². The van der Waals surface area contributed by atoms with Crippen molar-refractivity contribution in [3.63, 3.8) is 0 Å². The first-order chi connectivity index (χ1) is 13.3. The van der Waals surface area contributed by atoms with E-state index in [0.717, 1.165) is 0 Å². The molecule has 9 nitrogen and oxygen atoms in total. The van der Waals surface area contributed by atoms with Crippen LogP contribution in [0.4, 0.5) is 5.69 Å². The minimum Gasteiger partial charge on any atom is -0.423 e. The van der Waals surface area contributed by atoms with E-state index in [9.17, 15) is 13.2 Å². The van der Waals surface area contributed by atoms with E-state index < -0.39 is 15.9 Å². The van der Waals surface area contributed by atoms with E-state index in [-0.39, 0.29) is 15.5 Å². The van der Waals surface area contributed by atoms with Gasteiger partial charge in [-0.25, -0.2) is 8.42 Å². The second-order valence-electron chi connectivity index (χ2n) is 5.52. The minimum absolute atomic E-state index is 0.0289. The molecule has 1 amide bonds. The van der Waals surface area contributed by atoms with Gasteiger partial charge in [0, 0.05) is 23.9 Å². The van der Waals surface area contributed by atoms with Crippen LogP contribution < -0.4 is 5.32 Å². The highest BCUT2D eigenvalue weighted by molar-refractivity contribution is 7.89. The third kappa shape index (κ3) is 4.04. The van der Waals surface area contributed by atoms with E-state index in [2.05, 4.69) is 15.5 Å². The molecule has 3 rings (SSSR count). The van der Waals surface area contributed by atoms with Crippen LogP contribution in [0.25, 0.3) is 11.5 Å². The van der Waals surface area contributed by atoms with E-state index >= 15 is 0 Å². The molecular weight excluding hydrogens is 408 g/mol. The summed E-state index contributed by atoms with van der Waals surface area (Å²) in [6.45, 7) is 0. The van der Waals surface area contributed by atoms with Crippen LogP contribution in [0.1, 0.15) is 10.4 Å². The number of benzene rings is 2. The van der Waals surface area contributed by atoms with Crippen molar-refractivity contribution >= 4 is 33.2 Å². The van der Waals surface area contributed by atoms with Crippen molar-refractivity contribution in [1.29, 1.82) is 0 Å². The quantitative estimate of drug-likeness (QED) is 0.607. The van der Waals surface area contributed by atoms with Crippen molar-refractivity contribution in [3.8, 4) is 11.5 Å². The zero-order chi connectivity index (χ0) is 20.3. The molecule has 11 heteroatoms. The lowest BCUT2D eigenvalue weighted by Crippen LogP contribution is -2.26. The van der Waals surface area contributed by atoms with Crippen molar-refractivity contribution in [2.75, 3.05) is 19.5 Å². The molecule has 1 aromatic heterocycles. The number of halogens is 1. The molecule has 1 heterocycles. The molecule has 3 aromatic rings. The zero-order valence-electron chi connectivity index (χ0n) is 14.8. The van der Waals surface area contributed by atoms with Crippen molar-refractivity contribution in [1.82, 2.24) is 14.7 Å². The number of hydrogen-bond acceptors (Lipinski definition) is 7. The highest BCUT2D eigenvalue weighted by Crippen LogP contribution is 2.26. The fraction of sp³-hybridized carbons (Fsp3) is 0.118. The fourth-order valence-electron chi connectivity index (χ4n) is 2.31. The maximum Gasteiger partial charge on any atom is 0.266 e. The first-order valence-corrected chi connectivity index (χ1v) is 9.65. The smallest absolute Gasteiger partial charge is 0.266 e. The number of rotatable bonds is 6. The van der Waals surface area contributed by atoms with Gasteiger partial charge in [-0.05, 0) is 36.4 Å². The number of amides is 1. The number of carbonyl (C=O) groups is 1. The number of aromatic nitrogens is 2. The number of carbonyl (C=O) groups excluding carboxylic acids is 1. The van der Waals surface area contributed by atoms with Gasteiger partial charge in [-0.15, -0.1) is 10.2 Å². The minimum atomic E-state index is -4.01. The summed E-state index contributed by atoms with van der Waals surface area (Å²) in [5.74, 6) is -0.213. The van der Waals surface area contributed by atoms with Crippen molar-refractivity contribution in [2.24, 2.45) is 0 Å². The highest BCUT2D eigenvalue weighted by atomic mass is 35.5. The summed E-state index contributed by atoms with van der Waals surface area (Å²) >= 11 is 6.01. The van der Waals surface area contributed by atoms with Crippen LogP contribution in [0, 0.1) is 0 Å². The Morgan fingerprint density at radius 3 is 2.71 bits per heavy atom. The first-order valence-electron chi connectivity index (χ1n) is 7.83. The van der Waals surface area contributed by atoms with E-state index in [1.807, 2.05) is 0 Å². The zero-order valence-corrected chi connectivity index (χ0v) is 16.4. The van der Waals surface area contributed by atoms with Crippen LogP contribution in [0.2, 0.25) is 5.02 Å². The van der Waals surface area contributed by atoms with Gasteiger partial charge in [-0.3, -0.25) is 9.63 Å². The number of hydrogen-bond donors (Lipinski definition) is 1. The Morgan fingerprint density at radius 2 is 2.04 bits per heavy atom. The summed E-state index contributed by atoms with van der Waals surface area (Å²) in [4.78, 5) is 17.1. The second-order valence-corrected chi connectivity index (χ2v) is 7.83. The van der Waals surface area contributed by atoms with Crippen LogP contribution in [0.5, 0.6) is 0 Å². The van der Waals surface area contributed by atoms with Crippen LogP contribution >= 0.6 is 11.6 Å². The molecule has 0 fully saturated rings. The molecule has 0 radical (unpaired) electrons. The standard InChI is InChI=1S/C17H15ClN4O5S/c1-22(26-2)28(24,25)15-9-11(6-7-14(15)18)16(23)20-13-5-3-4-12(8-13)17-21-19-10-27-17/h3-10H,1-2H3,(H,20,23). The van der Waals surface area contributed by atoms with E-state index in [1.54, 1.807) is 24.3 Å². The predicted molar refractivity (Wildman–Crippen MR) is 101 cm³/mol. The Kier molecular flexibility index (Phi) is 5.75. The molecule has 0 spiro atoms. The Hall–Kier alpha value is -2.79. The molecule has 0 atom stereocenters. The SMILES string of the molecule is CON(C)S(=O)(=O)c1cc(C(=O)Nc2cccc(-c3nnco3)c2)ccc1Cl. The third-order valence-electron chi connectivity index (χ3n) is 3.79. The molecule has 0 bridgehead atoms. The van der Waals surface area contributed by atoms with Crippen molar-refractivity contribution < 1.29 is 22.5 Å². The topological polar surface area (TPSA) is 115 Å². The molecule has 146 valence electrons. The van der Waals surface area contributed by atoms with Gasteiger partial charge in [0.2, 0.25) is 12.3 Å². The van der Waals surface area contributed by atoms with E-state index in [4.69, 9.17) is 20.9 Å². The highest BCUT2D eigenvalue weighted by Gasteiger charge is 2.25. The Labute approximate surface area is 165 Å². The van der Waals surface area contributed by atoms with Crippen LogP contribution in [-0.4, -0.2) is 43.1 Å². The maximum absolute atomic E-state index is 12.6.